The van der Waals surface area contributed by atoms with E-state index in [1.807, 2.05) is 18.2 Å². The van der Waals surface area contributed by atoms with Crippen molar-refractivity contribution in [3.8, 4) is 5.75 Å². The number of esters is 2. The summed E-state index contributed by atoms with van der Waals surface area (Å²) in [6, 6.07) is 5.53. The van der Waals surface area contributed by atoms with Crippen LogP contribution in [0.2, 0.25) is 0 Å². The second-order valence-electron chi connectivity index (χ2n) is 7.68. The average molecular weight is 392 g/mol. The number of aliphatic hydroxyl groups is 1. The Bertz CT molecular complexity index is 607. The molecule has 0 bridgehead atoms. The fraction of sp³-hybridized carbons (Fsp3) is 0.636. The van der Waals surface area contributed by atoms with E-state index in [1.165, 1.54) is 33.1 Å². The van der Waals surface area contributed by atoms with Gasteiger partial charge in [0.15, 0.2) is 0 Å². The third kappa shape index (κ3) is 7.50. The molecule has 0 atom stereocenters. The Morgan fingerprint density at radius 3 is 2.00 bits per heavy atom. The van der Waals surface area contributed by atoms with Crippen molar-refractivity contribution in [1.82, 2.24) is 0 Å². The molecule has 0 unspecified atom stereocenters. The van der Waals surface area contributed by atoms with Crippen molar-refractivity contribution in [3.63, 3.8) is 0 Å². The van der Waals surface area contributed by atoms with Crippen LogP contribution in [0.5, 0.6) is 5.75 Å². The van der Waals surface area contributed by atoms with Crippen LogP contribution in [0.25, 0.3) is 0 Å². The molecule has 6 heteroatoms. The molecule has 1 saturated carbocycles. The summed E-state index contributed by atoms with van der Waals surface area (Å²) in [7, 11) is 0. The second kappa shape index (κ2) is 11.1. The summed E-state index contributed by atoms with van der Waals surface area (Å²) < 4.78 is 16.2. The van der Waals surface area contributed by atoms with E-state index in [0.29, 0.717) is 12.4 Å². The molecule has 0 heterocycles. The van der Waals surface area contributed by atoms with Crippen LogP contribution in [0.15, 0.2) is 18.2 Å². The van der Waals surface area contributed by atoms with Gasteiger partial charge in [0.05, 0.1) is 6.61 Å². The second-order valence-corrected chi connectivity index (χ2v) is 7.68. The zero-order chi connectivity index (χ0) is 20.4. The summed E-state index contributed by atoms with van der Waals surface area (Å²) in [6.45, 7) is 3.80. The number of carbonyl (C=O) groups excluding carboxylic acids is 2. The van der Waals surface area contributed by atoms with Gasteiger partial charge < -0.3 is 19.3 Å². The van der Waals surface area contributed by atoms with Crippen LogP contribution >= 0.6 is 0 Å². The summed E-state index contributed by atoms with van der Waals surface area (Å²) >= 11 is 0. The van der Waals surface area contributed by atoms with Crippen LogP contribution in [-0.2, 0) is 32.3 Å². The fourth-order valence-electron chi connectivity index (χ4n) is 3.90. The number of hydrogen-bond donors (Lipinski definition) is 1. The normalized spacial score (nSPS) is 15.7. The van der Waals surface area contributed by atoms with E-state index in [0.717, 1.165) is 36.8 Å². The molecular formula is C22H32O6. The number of ether oxygens (including phenoxy) is 3. The first-order valence-corrected chi connectivity index (χ1v) is 10.1. The largest absolute Gasteiger partial charge is 0.494 e. The maximum absolute atomic E-state index is 11.1. The van der Waals surface area contributed by atoms with Crippen LogP contribution in [-0.4, -0.2) is 30.3 Å². The van der Waals surface area contributed by atoms with E-state index in [2.05, 4.69) is 0 Å². The maximum atomic E-state index is 11.1. The van der Waals surface area contributed by atoms with Crippen molar-refractivity contribution in [2.45, 2.75) is 72.0 Å². The van der Waals surface area contributed by atoms with Crippen LogP contribution < -0.4 is 4.74 Å². The van der Waals surface area contributed by atoms with Crippen molar-refractivity contribution < 1.29 is 28.9 Å². The summed E-state index contributed by atoms with van der Waals surface area (Å²) in [6.07, 6.45) is 7.70. The quantitative estimate of drug-likeness (QED) is 0.608. The molecule has 1 N–H and O–H groups in total. The lowest BCUT2D eigenvalue weighted by atomic mass is 9.70. The highest BCUT2D eigenvalue weighted by molar-refractivity contribution is 5.66. The molecule has 1 aromatic carbocycles. The molecule has 0 saturated heterocycles. The topological polar surface area (TPSA) is 82.1 Å². The lowest BCUT2D eigenvalue weighted by Gasteiger charge is -2.37. The molecule has 0 aromatic heterocycles. The Morgan fingerprint density at radius 1 is 0.929 bits per heavy atom. The van der Waals surface area contributed by atoms with Crippen molar-refractivity contribution >= 4 is 11.9 Å². The highest BCUT2D eigenvalue weighted by Gasteiger charge is 2.31. The molecule has 0 radical (unpaired) electrons. The SMILES string of the molecule is CC(=O)OCc1cc(COC(C)=O)cc(OCCC2(CCO)CCCCC2)c1. The van der Waals surface area contributed by atoms with Gasteiger partial charge >= 0.3 is 11.9 Å². The summed E-state index contributed by atoms with van der Waals surface area (Å²) in [4.78, 5) is 22.2. The molecule has 156 valence electrons. The molecule has 0 spiro atoms. The molecule has 6 nitrogen and oxygen atoms in total. The number of rotatable bonds is 10. The lowest BCUT2D eigenvalue weighted by Crippen LogP contribution is -2.27. The summed E-state index contributed by atoms with van der Waals surface area (Å²) in [5, 5.41) is 9.46. The minimum atomic E-state index is -0.351. The molecule has 1 aromatic rings. The number of benzene rings is 1. The monoisotopic (exact) mass is 392 g/mol. The molecule has 0 aliphatic heterocycles. The van der Waals surface area contributed by atoms with Gasteiger partial charge in [-0.15, -0.1) is 0 Å². The number of aliphatic hydroxyl groups excluding tert-OH is 1. The zero-order valence-corrected chi connectivity index (χ0v) is 17.0. The van der Waals surface area contributed by atoms with Gasteiger partial charge in [-0.1, -0.05) is 19.3 Å². The van der Waals surface area contributed by atoms with E-state index >= 15 is 0 Å². The third-order valence-corrected chi connectivity index (χ3v) is 5.37. The van der Waals surface area contributed by atoms with Crippen molar-refractivity contribution in [2.24, 2.45) is 5.41 Å². The van der Waals surface area contributed by atoms with Gasteiger partial charge in [0, 0.05) is 20.5 Å². The van der Waals surface area contributed by atoms with E-state index < -0.39 is 0 Å². The van der Waals surface area contributed by atoms with E-state index in [4.69, 9.17) is 14.2 Å². The number of carbonyl (C=O) groups is 2. The van der Waals surface area contributed by atoms with Gasteiger partial charge in [0.25, 0.3) is 0 Å². The van der Waals surface area contributed by atoms with Gasteiger partial charge in [-0.25, -0.2) is 0 Å². The van der Waals surface area contributed by atoms with E-state index in [-0.39, 0.29) is 37.2 Å². The zero-order valence-electron chi connectivity index (χ0n) is 17.0. The first-order chi connectivity index (χ1) is 13.4. The van der Waals surface area contributed by atoms with Crippen LogP contribution in [0.3, 0.4) is 0 Å². The van der Waals surface area contributed by atoms with Gasteiger partial charge in [-0.3, -0.25) is 9.59 Å². The Morgan fingerprint density at radius 2 is 1.50 bits per heavy atom. The molecule has 1 fully saturated rings. The Hall–Kier alpha value is -2.08. The standard InChI is InChI=1S/C22H32O6/c1-17(24)27-15-19-12-20(16-28-18(2)25)14-21(13-19)26-11-9-22(8-10-23)6-4-3-5-7-22/h12-14,23H,3-11,15-16H2,1-2H3. The Kier molecular flexibility index (Phi) is 8.77. The van der Waals surface area contributed by atoms with Gasteiger partial charge in [0.1, 0.15) is 19.0 Å². The minimum absolute atomic E-state index is 0.147. The summed E-state index contributed by atoms with van der Waals surface area (Å²) in [5.41, 5.74) is 1.75. The van der Waals surface area contributed by atoms with E-state index in [1.54, 1.807) is 0 Å². The van der Waals surface area contributed by atoms with Crippen molar-refractivity contribution in [2.75, 3.05) is 13.2 Å². The fourth-order valence-corrected chi connectivity index (χ4v) is 3.90. The van der Waals surface area contributed by atoms with E-state index in [9.17, 15) is 14.7 Å². The Balaban J connectivity index is 2.02. The molecular weight excluding hydrogens is 360 g/mol. The van der Waals surface area contributed by atoms with Crippen LogP contribution in [0.4, 0.5) is 0 Å². The van der Waals surface area contributed by atoms with Gasteiger partial charge in [0.2, 0.25) is 0 Å². The van der Waals surface area contributed by atoms with Crippen molar-refractivity contribution in [1.29, 1.82) is 0 Å². The molecule has 2 rings (SSSR count). The molecule has 28 heavy (non-hydrogen) atoms. The average Bonchev–Trinajstić information content (AvgIpc) is 2.66. The van der Waals surface area contributed by atoms with Crippen LogP contribution in [0.1, 0.15) is 69.9 Å². The smallest absolute Gasteiger partial charge is 0.302 e. The van der Waals surface area contributed by atoms with Gasteiger partial charge in [-0.2, -0.15) is 0 Å². The first-order valence-electron chi connectivity index (χ1n) is 10.1. The lowest BCUT2D eigenvalue weighted by molar-refractivity contribution is -0.142. The molecule has 0 amide bonds. The number of hydrogen-bond acceptors (Lipinski definition) is 6. The molecule has 1 aliphatic carbocycles. The summed E-state index contributed by atoms with van der Waals surface area (Å²) in [5.74, 6) is -0.0334. The molecule has 1 aliphatic rings. The predicted octanol–water partition coefficient (Wildman–Crippen LogP) is 3.91. The highest BCUT2D eigenvalue weighted by Crippen LogP contribution is 2.42. The van der Waals surface area contributed by atoms with Crippen molar-refractivity contribution in [3.05, 3.63) is 29.3 Å². The Labute approximate surface area is 167 Å². The first kappa shape index (κ1) is 22.2. The van der Waals surface area contributed by atoms with Gasteiger partial charge in [-0.05, 0) is 60.4 Å². The predicted molar refractivity (Wildman–Crippen MR) is 105 cm³/mol. The third-order valence-electron chi connectivity index (χ3n) is 5.37. The van der Waals surface area contributed by atoms with Crippen LogP contribution in [0, 0.1) is 5.41 Å². The highest BCUT2D eigenvalue weighted by atomic mass is 16.5. The minimum Gasteiger partial charge on any atom is -0.494 e. The maximum Gasteiger partial charge on any atom is 0.302 e.